The van der Waals surface area contributed by atoms with Crippen LogP contribution in [0.15, 0.2) is 52.2 Å². The van der Waals surface area contributed by atoms with Crippen LogP contribution in [0.3, 0.4) is 0 Å². The average Bonchev–Trinajstić information content (AvgIpc) is 2.93. The summed E-state index contributed by atoms with van der Waals surface area (Å²) in [6.45, 7) is 0.816. The Balaban J connectivity index is 1.87. The van der Waals surface area contributed by atoms with E-state index in [1.54, 1.807) is 6.07 Å². The maximum atomic E-state index is 15.6. The smallest absolute Gasteiger partial charge is 0.459 e. The highest BCUT2D eigenvalue weighted by atomic mass is 31.2. The lowest BCUT2D eigenvalue weighted by Crippen LogP contribution is -2.50. The average molecular weight is 503 g/mol. The lowest BCUT2D eigenvalue weighted by atomic mass is 9.95. The Morgan fingerprint density at radius 1 is 1.35 bits per heavy atom. The third-order valence-electron chi connectivity index (χ3n) is 5.00. The number of hydrogen-bond donors (Lipinski definition) is 5. The maximum absolute atomic E-state index is 15.6. The second-order valence-electron chi connectivity index (χ2n) is 7.77. The van der Waals surface area contributed by atoms with Crippen LogP contribution >= 0.6 is 7.75 Å². The van der Waals surface area contributed by atoms with Crippen molar-refractivity contribution in [3.05, 3.63) is 63.4 Å². The van der Waals surface area contributed by atoms with E-state index < -0.39 is 61.4 Å². The Kier molecular flexibility index (Phi) is 7.12. The first-order chi connectivity index (χ1) is 15.8. The van der Waals surface area contributed by atoms with Crippen LogP contribution in [0.1, 0.15) is 20.1 Å². The summed E-state index contributed by atoms with van der Waals surface area (Å²) >= 11 is 0. The lowest BCUT2D eigenvalue weighted by Gasteiger charge is -2.28. The zero-order chi connectivity index (χ0) is 25.3. The maximum Gasteiger partial charge on any atom is 0.459 e. The van der Waals surface area contributed by atoms with Gasteiger partial charge in [0.1, 0.15) is 30.1 Å². The summed E-state index contributed by atoms with van der Waals surface area (Å²) in [6.07, 6.45) is -3.22. The molecule has 1 aromatic carbocycles. The number of alkyl halides is 1. The molecule has 0 aliphatic carbocycles. The van der Waals surface area contributed by atoms with Gasteiger partial charge >= 0.3 is 19.4 Å². The number of carbonyl (C=O) groups is 1. The number of hydrogen-bond acceptors (Lipinski definition) is 9. The number of carboxylic acid groups (broad SMARTS) is 1. The lowest BCUT2D eigenvalue weighted by molar-refractivity contribution is -0.204. The van der Waals surface area contributed by atoms with Crippen LogP contribution in [0.25, 0.3) is 0 Å². The van der Waals surface area contributed by atoms with E-state index in [0.29, 0.717) is 4.57 Å². The summed E-state index contributed by atoms with van der Waals surface area (Å²) in [5, 5.41) is 32.4. The molecule has 3 rings (SSSR count). The summed E-state index contributed by atoms with van der Waals surface area (Å²) in [7, 11) is -4.58. The Bertz CT molecular complexity index is 1200. The molecule has 1 aromatic heterocycles. The molecule has 5 N–H and O–H groups in total. The minimum absolute atomic E-state index is 0.00128. The Morgan fingerprint density at radius 3 is 2.59 bits per heavy atom. The van der Waals surface area contributed by atoms with E-state index in [-0.39, 0.29) is 5.75 Å². The number of ether oxygens (including phenoxy) is 1. The van der Waals surface area contributed by atoms with Crippen LogP contribution in [0, 0.1) is 0 Å². The topological polar surface area (TPSA) is 189 Å². The van der Waals surface area contributed by atoms with E-state index in [4.69, 9.17) is 18.9 Å². The number of H-pyrrole nitrogens is 1. The molecule has 2 heterocycles. The van der Waals surface area contributed by atoms with Crippen molar-refractivity contribution < 1.29 is 42.9 Å². The van der Waals surface area contributed by atoms with E-state index in [0.717, 1.165) is 26.1 Å². The van der Waals surface area contributed by atoms with Crippen molar-refractivity contribution in [2.75, 3.05) is 6.61 Å². The van der Waals surface area contributed by atoms with Gasteiger partial charge in [0.15, 0.2) is 6.23 Å². The van der Waals surface area contributed by atoms with Crippen molar-refractivity contribution in [3.63, 3.8) is 0 Å². The van der Waals surface area contributed by atoms with Crippen molar-refractivity contribution in [1.82, 2.24) is 14.6 Å². The molecule has 1 unspecified atom stereocenters. The van der Waals surface area contributed by atoms with Gasteiger partial charge < -0.3 is 24.6 Å². The van der Waals surface area contributed by atoms with Crippen molar-refractivity contribution >= 4 is 13.7 Å². The van der Waals surface area contributed by atoms with Gasteiger partial charge in [0.05, 0.1) is 0 Å². The number of carboxylic acids is 1. The third kappa shape index (κ3) is 5.27. The monoisotopic (exact) mass is 503 g/mol. The molecule has 1 fully saturated rings. The minimum Gasteiger partial charge on any atom is -0.480 e. The Morgan fingerprint density at radius 2 is 2.00 bits per heavy atom. The highest BCUT2D eigenvalue weighted by molar-refractivity contribution is 7.52. The molecule has 1 aliphatic rings. The van der Waals surface area contributed by atoms with Gasteiger partial charge in [-0.3, -0.25) is 23.7 Å². The van der Waals surface area contributed by atoms with Gasteiger partial charge in [0.25, 0.3) is 11.4 Å². The van der Waals surface area contributed by atoms with Gasteiger partial charge in [-0.25, -0.2) is 13.8 Å². The molecular weight excluding hydrogens is 480 g/mol. The molecule has 2 aromatic rings. The predicted molar refractivity (Wildman–Crippen MR) is 113 cm³/mol. The van der Waals surface area contributed by atoms with E-state index >= 15 is 4.39 Å². The molecule has 0 spiro atoms. The fraction of sp³-hybridized carbons (Fsp3) is 0.421. The molecule has 186 valence electrons. The predicted octanol–water partition coefficient (Wildman–Crippen LogP) is 0.110. The van der Waals surface area contributed by atoms with Gasteiger partial charge in [0.2, 0.25) is 0 Å². The van der Waals surface area contributed by atoms with Crippen LogP contribution in [0.5, 0.6) is 5.75 Å². The standard InChI is InChI=1S/C19H23FN3O10P/c1-11(14(25)26)22-34(30,33-12-6-4-3-5-7-12)31-10-19(20)15(27)18(2,29)16(32-19)23-9-8-13(24)21-17(23)28/h3-9,11,15-16,27,29H,10H2,1-2H3,(H,22,30)(H,25,26)(H,21,24,28)/t11-,15-,16+,18+,19+,34?/m0/s1. The number of halogens is 1. The van der Waals surface area contributed by atoms with Crippen LogP contribution in [0.4, 0.5) is 4.39 Å². The first-order valence-electron chi connectivity index (χ1n) is 9.86. The summed E-state index contributed by atoms with van der Waals surface area (Å²) in [5.41, 5.74) is -4.22. The molecule has 34 heavy (non-hydrogen) atoms. The number of nitrogens with one attached hydrogen (secondary N) is 2. The number of benzene rings is 1. The quantitative estimate of drug-likeness (QED) is 0.292. The number of aromatic amines is 1. The van der Waals surface area contributed by atoms with Crippen molar-refractivity contribution in [2.45, 2.75) is 43.7 Å². The fourth-order valence-electron chi connectivity index (χ4n) is 3.18. The third-order valence-corrected chi connectivity index (χ3v) is 6.62. The molecule has 1 aliphatic heterocycles. The molecular formula is C19H23FN3O10P. The Labute approximate surface area is 191 Å². The normalized spacial score (nSPS) is 29.3. The SMILES string of the molecule is C[C@H](NP(=O)(OC[C@@]1(F)O[C@@H](n2ccc(=O)[nH]c2=O)[C@](C)(O)[C@@H]1O)Oc1ccccc1)C(=O)O. The number of aliphatic carboxylic acids is 1. The highest BCUT2D eigenvalue weighted by Crippen LogP contribution is 2.50. The second-order valence-corrected chi connectivity index (χ2v) is 9.46. The Hall–Kier alpha value is -2.87. The minimum atomic E-state index is -4.58. The van der Waals surface area contributed by atoms with E-state index in [1.807, 2.05) is 4.98 Å². The van der Waals surface area contributed by atoms with Gasteiger partial charge in [-0.15, -0.1) is 0 Å². The molecule has 13 nitrogen and oxygen atoms in total. The van der Waals surface area contributed by atoms with Gasteiger partial charge in [-0.05, 0) is 26.0 Å². The summed E-state index contributed by atoms with van der Waals surface area (Å²) in [4.78, 5) is 36.5. The molecule has 0 radical (unpaired) electrons. The first-order valence-corrected chi connectivity index (χ1v) is 11.4. The van der Waals surface area contributed by atoms with Crippen molar-refractivity contribution in [1.29, 1.82) is 0 Å². The van der Waals surface area contributed by atoms with E-state index in [1.165, 1.54) is 24.3 Å². The zero-order valence-electron chi connectivity index (χ0n) is 18.0. The summed E-state index contributed by atoms with van der Waals surface area (Å²) in [5.74, 6) is -4.64. The second kappa shape index (κ2) is 9.41. The fourth-order valence-corrected chi connectivity index (χ4v) is 4.69. The van der Waals surface area contributed by atoms with Crippen LogP contribution in [-0.4, -0.2) is 61.0 Å². The molecule has 0 amide bonds. The zero-order valence-corrected chi connectivity index (χ0v) is 18.8. The largest absolute Gasteiger partial charge is 0.480 e. The number of para-hydroxylation sites is 1. The molecule has 15 heteroatoms. The van der Waals surface area contributed by atoms with Crippen molar-refractivity contribution in [3.8, 4) is 5.75 Å². The molecule has 0 bridgehead atoms. The highest BCUT2D eigenvalue weighted by Gasteiger charge is 2.63. The number of aliphatic hydroxyl groups excluding tert-OH is 1. The van der Waals surface area contributed by atoms with E-state index in [9.17, 15) is 29.2 Å². The van der Waals surface area contributed by atoms with Gasteiger partial charge in [0, 0.05) is 12.3 Å². The van der Waals surface area contributed by atoms with Gasteiger partial charge in [-0.2, -0.15) is 5.09 Å². The summed E-state index contributed by atoms with van der Waals surface area (Å²) in [6, 6.07) is 6.94. The molecule has 1 saturated heterocycles. The number of aromatic nitrogens is 2. The van der Waals surface area contributed by atoms with Crippen LogP contribution in [0.2, 0.25) is 0 Å². The van der Waals surface area contributed by atoms with Gasteiger partial charge in [-0.1, -0.05) is 18.2 Å². The van der Waals surface area contributed by atoms with E-state index in [2.05, 4.69) is 5.09 Å². The van der Waals surface area contributed by atoms with Crippen LogP contribution in [-0.2, 0) is 18.6 Å². The molecule has 6 atom stereocenters. The summed E-state index contributed by atoms with van der Waals surface area (Å²) < 4.78 is 45.0. The first kappa shape index (κ1) is 25.7. The van der Waals surface area contributed by atoms with Crippen molar-refractivity contribution in [2.24, 2.45) is 0 Å². The molecule has 0 saturated carbocycles. The number of rotatable bonds is 9. The number of nitrogens with zero attached hydrogens (tertiary/aromatic N) is 1. The van der Waals surface area contributed by atoms with Crippen LogP contribution < -0.4 is 20.9 Å². The number of aliphatic hydroxyl groups is 2.